The van der Waals surface area contributed by atoms with E-state index in [0.29, 0.717) is 17.7 Å². The average molecular weight is 394 g/mol. The van der Waals surface area contributed by atoms with Crippen LogP contribution in [-0.2, 0) is 9.47 Å². The fourth-order valence-corrected chi connectivity index (χ4v) is 3.62. The van der Waals surface area contributed by atoms with Crippen molar-refractivity contribution in [3.63, 3.8) is 0 Å². The van der Waals surface area contributed by atoms with E-state index >= 15 is 0 Å². The largest absolute Gasteiger partial charge is 0.454 e. The molecule has 1 atom stereocenters. The van der Waals surface area contributed by atoms with Gasteiger partial charge in [0.25, 0.3) is 0 Å². The number of carbonyl (C=O) groups is 2. The van der Waals surface area contributed by atoms with Crippen LogP contribution < -0.4 is 0 Å². The summed E-state index contributed by atoms with van der Waals surface area (Å²) < 4.78 is 14.5. The lowest BCUT2D eigenvalue weighted by molar-refractivity contribution is 0.0474. The Morgan fingerprint density at radius 1 is 1.07 bits per heavy atom. The molecule has 0 saturated heterocycles. The number of hydrogen-bond acceptors (Lipinski definition) is 4. The third-order valence-electron chi connectivity index (χ3n) is 4.97. The summed E-state index contributed by atoms with van der Waals surface area (Å²) in [6.45, 7) is 6.15. The Labute approximate surface area is 170 Å². The zero-order chi connectivity index (χ0) is 21.0. The predicted octanol–water partition coefficient (Wildman–Crippen LogP) is 4.14. The summed E-state index contributed by atoms with van der Waals surface area (Å²) >= 11 is 0. The zero-order valence-electron chi connectivity index (χ0n) is 17.2. The summed E-state index contributed by atoms with van der Waals surface area (Å²) in [6, 6.07) is 12.9. The third kappa shape index (κ3) is 4.49. The van der Waals surface area contributed by atoms with Crippen molar-refractivity contribution in [3.05, 3.63) is 77.4 Å². The van der Waals surface area contributed by atoms with E-state index in [1.165, 1.54) is 0 Å². The summed E-state index contributed by atoms with van der Waals surface area (Å²) in [5.74, 6) is -0.731. The maximum absolute atomic E-state index is 12.6. The van der Waals surface area contributed by atoms with Gasteiger partial charge in [-0.2, -0.15) is 0 Å². The molecular weight excluding hydrogens is 368 g/mol. The third-order valence-corrected chi connectivity index (χ3v) is 4.97. The molecule has 152 valence electrons. The molecule has 1 unspecified atom stereocenters. The van der Waals surface area contributed by atoms with Gasteiger partial charge in [-0.25, -0.2) is 4.79 Å². The zero-order valence-corrected chi connectivity index (χ0v) is 17.2. The molecule has 3 aromatic rings. The highest BCUT2D eigenvalue weighted by atomic mass is 16.5. The normalized spacial score (nSPS) is 12.0. The number of benzene rings is 1. The van der Waals surface area contributed by atoms with Crippen molar-refractivity contribution >= 4 is 11.8 Å². The highest BCUT2D eigenvalue weighted by Gasteiger charge is 2.20. The highest BCUT2D eigenvalue weighted by molar-refractivity contribution is 6.00. The summed E-state index contributed by atoms with van der Waals surface area (Å²) in [5, 5.41) is 0. The van der Waals surface area contributed by atoms with E-state index in [1.54, 1.807) is 19.2 Å². The number of nitrogens with zero attached hydrogens (tertiary/aromatic N) is 2. The molecule has 29 heavy (non-hydrogen) atoms. The van der Waals surface area contributed by atoms with Crippen LogP contribution in [0.5, 0.6) is 0 Å². The number of hydrogen-bond donors (Lipinski definition) is 0. The molecule has 0 aliphatic rings. The average Bonchev–Trinajstić information content (AvgIpc) is 3.34. The van der Waals surface area contributed by atoms with E-state index in [1.807, 2.05) is 68.1 Å². The van der Waals surface area contributed by atoms with E-state index < -0.39 is 5.97 Å². The van der Waals surface area contributed by atoms with Crippen LogP contribution in [0.15, 0.2) is 54.9 Å². The Balaban J connectivity index is 1.65. The Morgan fingerprint density at radius 3 is 2.34 bits per heavy atom. The van der Waals surface area contributed by atoms with E-state index in [-0.39, 0.29) is 18.4 Å². The number of ether oxygens (including phenoxy) is 2. The first-order chi connectivity index (χ1) is 13.9. The molecule has 6 heteroatoms. The molecule has 0 aliphatic heterocycles. The van der Waals surface area contributed by atoms with Gasteiger partial charge in [-0.1, -0.05) is 0 Å². The van der Waals surface area contributed by atoms with Crippen molar-refractivity contribution in [1.82, 2.24) is 9.13 Å². The van der Waals surface area contributed by atoms with Crippen LogP contribution in [-0.4, -0.2) is 41.2 Å². The molecule has 0 saturated carbocycles. The summed E-state index contributed by atoms with van der Waals surface area (Å²) in [7, 11) is 1.65. The molecular formula is C23H26N2O4. The van der Waals surface area contributed by atoms with Crippen molar-refractivity contribution in [3.8, 4) is 5.69 Å². The molecule has 0 fully saturated rings. The van der Waals surface area contributed by atoms with E-state index in [0.717, 1.165) is 17.1 Å². The SMILES string of the molecule is COCC(C)n1c(C)cc(C(=O)COC(=O)c2ccc(-n3cccc3)cc2)c1C. The van der Waals surface area contributed by atoms with Crippen molar-refractivity contribution in [1.29, 1.82) is 0 Å². The molecule has 1 aromatic carbocycles. The maximum Gasteiger partial charge on any atom is 0.338 e. The molecule has 2 heterocycles. The van der Waals surface area contributed by atoms with Gasteiger partial charge >= 0.3 is 5.97 Å². The topological polar surface area (TPSA) is 62.5 Å². The van der Waals surface area contributed by atoms with Crippen LogP contribution in [0.25, 0.3) is 5.69 Å². The van der Waals surface area contributed by atoms with Crippen LogP contribution >= 0.6 is 0 Å². The standard InChI is InChI=1S/C23H26N2O4/c1-16-13-21(18(3)25(16)17(2)14-28-4)22(26)15-29-23(27)19-7-9-20(10-8-19)24-11-5-6-12-24/h5-13,17H,14-15H2,1-4H3. The molecule has 0 aliphatic carbocycles. The van der Waals surface area contributed by atoms with E-state index in [2.05, 4.69) is 4.57 Å². The number of carbonyl (C=O) groups excluding carboxylic acids is 2. The van der Waals surface area contributed by atoms with Crippen molar-refractivity contribution in [2.24, 2.45) is 0 Å². The first-order valence-electron chi connectivity index (χ1n) is 9.53. The molecule has 6 nitrogen and oxygen atoms in total. The van der Waals surface area contributed by atoms with Gasteiger partial charge in [-0.3, -0.25) is 4.79 Å². The van der Waals surface area contributed by atoms with Crippen LogP contribution in [0.3, 0.4) is 0 Å². The molecule has 0 radical (unpaired) electrons. The Bertz CT molecular complexity index is 985. The molecule has 2 aromatic heterocycles. The Kier molecular flexibility index (Phi) is 6.34. The highest BCUT2D eigenvalue weighted by Crippen LogP contribution is 2.21. The second-order valence-corrected chi connectivity index (χ2v) is 7.10. The molecule has 0 amide bonds. The minimum atomic E-state index is -0.515. The number of aromatic nitrogens is 2. The smallest absolute Gasteiger partial charge is 0.338 e. The summed E-state index contributed by atoms with van der Waals surface area (Å²) in [4.78, 5) is 25.0. The second kappa shape index (κ2) is 8.92. The summed E-state index contributed by atoms with van der Waals surface area (Å²) in [5.41, 5.74) is 3.75. The number of aryl methyl sites for hydroxylation is 1. The fourth-order valence-electron chi connectivity index (χ4n) is 3.62. The fraction of sp³-hybridized carbons (Fsp3) is 0.304. The Morgan fingerprint density at radius 2 is 1.72 bits per heavy atom. The van der Waals surface area contributed by atoms with E-state index in [4.69, 9.17) is 9.47 Å². The van der Waals surface area contributed by atoms with Crippen LogP contribution in [0, 0.1) is 13.8 Å². The van der Waals surface area contributed by atoms with Crippen LogP contribution in [0.4, 0.5) is 0 Å². The lowest BCUT2D eigenvalue weighted by atomic mass is 10.1. The van der Waals surface area contributed by atoms with Crippen molar-refractivity contribution in [2.75, 3.05) is 20.3 Å². The molecule has 3 rings (SSSR count). The number of methoxy groups -OCH3 is 1. The minimum Gasteiger partial charge on any atom is -0.454 e. The predicted molar refractivity (Wildman–Crippen MR) is 111 cm³/mol. The van der Waals surface area contributed by atoms with E-state index in [9.17, 15) is 9.59 Å². The summed E-state index contributed by atoms with van der Waals surface area (Å²) in [6.07, 6.45) is 3.85. The van der Waals surface area contributed by atoms with Crippen LogP contribution in [0.1, 0.15) is 45.1 Å². The quantitative estimate of drug-likeness (QED) is 0.425. The number of esters is 1. The number of ketones is 1. The number of Topliss-reactive ketones (excluding diaryl/α,β-unsaturated/α-hetero) is 1. The maximum atomic E-state index is 12.6. The first-order valence-corrected chi connectivity index (χ1v) is 9.53. The van der Waals surface area contributed by atoms with Gasteiger partial charge in [0.2, 0.25) is 5.78 Å². The van der Waals surface area contributed by atoms with Crippen LogP contribution in [0.2, 0.25) is 0 Å². The van der Waals surface area contributed by atoms with Gasteiger partial charge in [0, 0.05) is 42.1 Å². The van der Waals surface area contributed by atoms with Gasteiger partial charge in [0.15, 0.2) is 6.61 Å². The van der Waals surface area contributed by atoms with Gasteiger partial charge in [-0.15, -0.1) is 0 Å². The number of rotatable bonds is 8. The van der Waals surface area contributed by atoms with Gasteiger partial charge in [-0.05, 0) is 63.2 Å². The second-order valence-electron chi connectivity index (χ2n) is 7.10. The lowest BCUT2D eigenvalue weighted by Gasteiger charge is -2.17. The molecule has 0 spiro atoms. The minimum absolute atomic E-state index is 0.114. The molecule has 0 bridgehead atoms. The van der Waals surface area contributed by atoms with Crippen molar-refractivity contribution < 1.29 is 19.1 Å². The first kappa shape index (κ1) is 20.6. The molecule has 0 N–H and O–H groups in total. The van der Waals surface area contributed by atoms with Crippen molar-refractivity contribution in [2.45, 2.75) is 26.8 Å². The van der Waals surface area contributed by atoms with Gasteiger partial charge in [0.1, 0.15) is 0 Å². The lowest BCUT2D eigenvalue weighted by Crippen LogP contribution is -2.17. The van der Waals surface area contributed by atoms with Gasteiger partial charge < -0.3 is 18.6 Å². The van der Waals surface area contributed by atoms with Gasteiger partial charge in [0.05, 0.1) is 18.2 Å². The Hall–Kier alpha value is -3.12. The monoisotopic (exact) mass is 394 g/mol.